The second-order valence-electron chi connectivity index (χ2n) is 19.1. The van der Waals surface area contributed by atoms with E-state index < -0.39 is 72.9 Å². The van der Waals surface area contributed by atoms with E-state index in [1.807, 2.05) is 133 Å². The van der Waals surface area contributed by atoms with E-state index in [2.05, 4.69) is 20.9 Å². The minimum Gasteiger partial charge on any atom is -0.465 e. The molecule has 15 nitrogen and oxygen atoms in total. The van der Waals surface area contributed by atoms with E-state index in [0.717, 1.165) is 27.3 Å². The Labute approximate surface area is 405 Å². The fourth-order valence-electron chi connectivity index (χ4n) is 7.91. The van der Waals surface area contributed by atoms with E-state index in [0.29, 0.717) is 11.1 Å². The molecule has 4 aromatic carbocycles. The van der Waals surface area contributed by atoms with E-state index in [9.17, 15) is 24.3 Å². The number of likely N-dealkylation sites (N-methyl/N-ethyl adjacent to an activating group) is 1. The van der Waals surface area contributed by atoms with E-state index in [1.54, 1.807) is 47.7 Å². The number of nitrogens with one attached hydrogen (secondary N) is 3. The van der Waals surface area contributed by atoms with Gasteiger partial charge in [-0.25, -0.2) is 14.2 Å². The molecule has 0 radical (unpaired) electrons. The van der Waals surface area contributed by atoms with E-state index in [-0.39, 0.29) is 32.5 Å². The van der Waals surface area contributed by atoms with Crippen LogP contribution in [0.2, 0.25) is 0 Å². The van der Waals surface area contributed by atoms with Crippen LogP contribution < -0.4 is 16.0 Å². The first-order valence-electron chi connectivity index (χ1n) is 22.9. The summed E-state index contributed by atoms with van der Waals surface area (Å²) >= 11 is 0. The molecule has 4 amide bonds. The summed E-state index contributed by atoms with van der Waals surface area (Å²) in [6.45, 7) is 10.4. The number of ether oxygens (including phenoxy) is 1. The van der Waals surface area contributed by atoms with Gasteiger partial charge in [-0.2, -0.15) is 0 Å². The maximum absolute atomic E-state index is 15.4. The molecule has 1 aromatic heterocycles. The van der Waals surface area contributed by atoms with Gasteiger partial charge in [-0.15, -0.1) is 0 Å². The van der Waals surface area contributed by atoms with Crippen molar-refractivity contribution in [3.05, 3.63) is 162 Å². The van der Waals surface area contributed by atoms with Gasteiger partial charge in [0.1, 0.15) is 12.1 Å². The summed E-state index contributed by atoms with van der Waals surface area (Å²) in [6, 6.07) is 36.7. The molecular formula is C53H66N5O10P. The van der Waals surface area contributed by atoms with Crippen LogP contribution in [0.15, 0.2) is 140 Å². The molecule has 5 aromatic rings. The largest absolute Gasteiger partial charge is 0.475 e. The molecule has 0 bridgehead atoms. The number of rotatable bonds is 22. The molecule has 0 spiro atoms. The molecule has 4 N–H and O–H groups in total. The molecule has 69 heavy (non-hydrogen) atoms. The van der Waals surface area contributed by atoms with Crippen LogP contribution >= 0.6 is 7.82 Å². The first-order valence-corrected chi connectivity index (χ1v) is 24.3. The van der Waals surface area contributed by atoms with Gasteiger partial charge in [0.25, 0.3) is 0 Å². The normalized spacial score (nSPS) is 14.0. The number of phosphoric ester groups is 1. The number of alkyl carbamates (subject to hydrolysis) is 1. The Bertz CT molecular complexity index is 2400. The monoisotopic (exact) mass is 963 g/mol. The van der Waals surface area contributed by atoms with Crippen LogP contribution in [-0.4, -0.2) is 83.4 Å². The van der Waals surface area contributed by atoms with Crippen LogP contribution in [0.25, 0.3) is 11.3 Å². The Morgan fingerprint density at radius 1 is 0.652 bits per heavy atom. The van der Waals surface area contributed by atoms with Crippen molar-refractivity contribution >= 4 is 31.8 Å². The molecule has 0 fully saturated rings. The third kappa shape index (κ3) is 16.7. The van der Waals surface area contributed by atoms with Gasteiger partial charge in [-0.05, 0) is 64.5 Å². The lowest BCUT2D eigenvalue weighted by molar-refractivity contribution is -0.131. The van der Waals surface area contributed by atoms with Crippen molar-refractivity contribution in [2.24, 2.45) is 10.8 Å². The van der Waals surface area contributed by atoms with Gasteiger partial charge in [0, 0.05) is 24.8 Å². The number of phosphoric acid groups is 1. The molecule has 0 aliphatic rings. The highest BCUT2D eigenvalue weighted by atomic mass is 31.2. The zero-order valence-corrected chi connectivity index (χ0v) is 41.6. The molecule has 16 heteroatoms. The number of carboxylic acid groups (broad SMARTS) is 1. The van der Waals surface area contributed by atoms with Crippen molar-refractivity contribution < 1.29 is 47.2 Å². The lowest BCUT2D eigenvalue weighted by Gasteiger charge is -2.38. The first-order chi connectivity index (χ1) is 32.7. The van der Waals surface area contributed by atoms with Crippen LogP contribution in [0.1, 0.15) is 70.2 Å². The average Bonchev–Trinajstić information content (AvgIpc) is 3.32. The molecule has 0 aliphatic carbocycles. The zero-order chi connectivity index (χ0) is 50.2. The zero-order valence-electron chi connectivity index (χ0n) is 40.7. The van der Waals surface area contributed by atoms with Crippen molar-refractivity contribution in [1.29, 1.82) is 0 Å². The molecule has 0 aliphatic heterocycles. The van der Waals surface area contributed by atoms with Gasteiger partial charge in [-0.3, -0.25) is 33.0 Å². The topological polar surface area (TPSA) is 195 Å². The predicted octanol–water partition coefficient (Wildman–Crippen LogP) is 9.62. The number of amides is 4. The number of carbonyl (C=O) groups is 4. The number of pyridine rings is 1. The number of benzene rings is 4. The molecule has 5 atom stereocenters. The molecule has 0 saturated heterocycles. The average molecular weight is 964 g/mol. The maximum Gasteiger partial charge on any atom is 0.475 e. The number of aromatic nitrogens is 1. The van der Waals surface area contributed by atoms with Crippen LogP contribution in [0.5, 0.6) is 0 Å². The predicted molar refractivity (Wildman–Crippen MR) is 265 cm³/mol. The number of carbonyl (C=O) groups excluding carboxylic acids is 3. The number of hydrogen-bond donors (Lipinski definition) is 4. The van der Waals surface area contributed by atoms with Gasteiger partial charge >= 0.3 is 20.0 Å². The molecular weight excluding hydrogens is 898 g/mol. The Balaban J connectivity index is 1.66. The van der Waals surface area contributed by atoms with Crippen molar-refractivity contribution in [2.75, 3.05) is 14.2 Å². The quantitative estimate of drug-likeness (QED) is 0.0483. The van der Waals surface area contributed by atoms with Crippen LogP contribution in [0, 0.1) is 10.8 Å². The summed E-state index contributed by atoms with van der Waals surface area (Å²) in [6.07, 6.45) is -1.47. The van der Waals surface area contributed by atoms with Crippen molar-refractivity contribution in [3.63, 3.8) is 0 Å². The first kappa shape index (κ1) is 53.6. The van der Waals surface area contributed by atoms with Crippen LogP contribution in [0.3, 0.4) is 0 Å². The molecule has 1 heterocycles. The number of methoxy groups -OCH3 is 1. The minimum absolute atomic E-state index is 0.107. The maximum atomic E-state index is 15.4. The summed E-state index contributed by atoms with van der Waals surface area (Å²) in [7, 11) is -2.09. The summed E-state index contributed by atoms with van der Waals surface area (Å²) in [4.78, 5) is 59.9. The van der Waals surface area contributed by atoms with Gasteiger partial charge in [-0.1, -0.05) is 163 Å². The second kappa shape index (κ2) is 24.8. The Hall–Kier alpha value is -6.38. The van der Waals surface area contributed by atoms with Crippen molar-refractivity contribution in [3.8, 4) is 11.3 Å². The molecule has 0 unspecified atom stereocenters. The van der Waals surface area contributed by atoms with Crippen LogP contribution in [0.4, 0.5) is 9.59 Å². The van der Waals surface area contributed by atoms with Gasteiger partial charge in [0.05, 0.1) is 38.2 Å². The molecule has 368 valence electrons. The fourth-order valence-corrected chi connectivity index (χ4v) is 9.28. The summed E-state index contributed by atoms with van der Waals surface area (Å²) < 4.78 is 39.4. The van der Waals surface area contributed by atoms with E-state index in [4.69, 9.17) is 18.3 Å². The highest BCUT2D eigenvalue weighted by molar-refractivity contribution is 7.48. The third-order valence-electron chi connectivity index (χ3n) is 11.4. The van der Waals surface area contributed by atoms with Gasteiger partial charge < -0.3 is 25.8 Å². The van der Waals surface area contributed by atoms with Gasteiger partial charge in [0.15, 0.2) is 0 Å². The van der Waals surface area contributed by atoms with Crippen molar-refractivity contribution in [1.82, 2.24) is 25.8 Å². The van der Waals surface area contributed by atoms with E-state index >= 15 is 4.57 Å². The summed E-state index contributed by atoms with van der Waals surface area (Å²) in [5, 5.41) is 19.1. The second-order valence-corrected chi connectivity index (χ2v) is 20.7. The standard InChI is InChI=1S/C53H66N5O10P/c1-52(2,3)46(57-50(61)65-8)48(59)55-42(32-38-27-29-41(30-28-38)43-26-18-19-31-54-43)34-45(68-69(64,66-35-39-22-14-10-15-23-39)67-36-40-24-16-11-17-25-40)44(33-37-20-12-9-13-21-37)56-49(60)47(53(4,5)6)58(7)51(62)63/h9-31,42,44-47H,32-36H2,1-8H3,(H,55,59)(H,56,60)(H,57,61)(H,62,63)/t42-,44-,45-,46+,47+/m0/s1. The summed E-state index contributed by atoms with van der Waals surface area (Å²) in [5.74, 6) is -1.17. The molecule has 0 saturated carbocycles. The Kier molecular flexibility index (Phi) is 19.2. The lowest BCUT2D eigenvalue weighted by atomic mass is 9.84. The lowest BCUT2D eigenvalue weighted by Crippen LogP contribution is -2.59. The Morgan fingerprint density at radius 3 is 1.65 bits per heavy atom. The van der Waals surface area contributed by atoms with Crippen LogP contribution in [-0.2, 0) is 58.5 Å². The number of nitrogens with zero attached hydrogens (tertiary/aromatic N) is 2. The smallest absolute Gasteiger partial charge is 0.465 e. The van der Waals surface area contributed by atoms with Crippen molar-refractivity contribution in [2.45, 2.75) is 104 Å². The highest BCUT2D eigenvalue weighted by Crippen LogP contribution is 2.53. The third-order valence-corrected chi connectivity index (χ3v) is 12.8. The SMILES string of the molecule is COC(=O)N[C@H](C(=O)N[C@@H](Cc1ccc(-c2ccccn2)cc1)C[C@H](OP(=O)(OCc1ccccc1)OCc1ccccc1)[C@H](Cc1ccccc1)NC(=O)[C@@H](N(C)C(=O)O)C(C)(C)C)C(C)(C)C. The highest BCUT2D eigenvalue weighted by Gasteiger charge is 2.43. The minimum atomic E-state index is -4.63. The fraction of sp³-hybridized carbons (Fsp3) is 0.377. The number of hydrogen-bond acceptors (Lipinski definition) is 10. The Morgan fingerprint density at radius 2 is 1.17 bits per heavy atom. The summed E-state index contributed by atoms with van der Waals surface area (Å²) in [5.41, 5.74) is 2.90. The molecule has 5 rings (SSSR count). The van der Waals surface area contributed by atoms with Gasteiger partial charge in [0.2, 0.25) is 11.8 Å². The van der Waals surface area contributed by atoms with E-state index in [1.165, 1.54) is 14.2 Å².